The minimum absolute atomic E-state index is 0. The Morgan fingerprint density at radius 3 is 2.93 bits per heavy atom. The van der Waals surface area contributed by atoms with Crippen LogP contribution < -0.4 is 27.2 Å². The number of hydrogen-bond acceptors (Lipinski definition) is 2. The van der Waals surface area contributed by atoms with Crippen molar-refractivity contribution in [3.63, 3.8) is 0 Å². The van der Waals surface area contributed by atoms with Crippen LogP contribution in [0.3, 0.4) is 0 Å². The lowest BCUT2D eigenvalue weighted by molar-refractivity contribution is -0.673. The van der Waals surface area contributed by atoms with Crippen molar-refractivity contribution in [3.8, 4) is 11.8 Å². The zero-order chi connectivity index (χ0) is 17.9. The summed E-state index contributed by atoms with van der Waals surface area (Å²) in [7, 11) is 1.97. The van der Waals surface area contributed by atoms with Crippen LogP contribution in [0.2, 0.25) is 0 Å². The minimum atomic E-state index is -0.346. The summed E-state index contributed by atoms with van der Waals surface area (Å²) >= 11 is 0. The first-order chi connectivity index (χ1) is 12.7. The second kappa shape index (κ2) is 8.20. The first kappa shape index (κ1) is 18.9. The third kappa shape index (κ3) is 4.10. The van der Waals surface area contributed by atoms with Gasteiger partial charge >= 0.3 is 5.63 Å². The fourth-order valence-electron chi connectivity index (χ4n) is 2.97. The van der Waals surface area contributed by atoms with E-state index in [9.17, 15) is 4.79 Å². The molecule has 4 heteroatoms. The number of fused-ring (bicyclic) bond motifs is 2. The third-order valence-electron chi connectivity index (χ3n) is 4.42. The molecule has 4 rings (SSSR count). The van der Waals surface area contributed by atoms with Gasteiger partial charge in [0.05, 0.1) is 5.56 Å². The summed E-state index contributed by atoms with van der Waals surface area (Å²) in [5, 5.41) is 0.896. The fraction of sp³-hybridized carbons (Fsp3) is 0.130. The van der Waals surface area contributed by atoms with Gasteiger partial charge in [0.1, 0.15) is 12.6 Å². The number of pyridine rings is 1. The van der Waals surface area contributed by atoms with E-state index in [0.717, 1.165) is 35.0 Å². The maximum atomic E-state index is 12.4. The Kier molecular flexibility index (Phi) is 5.73. The molecule has 27 heavy (non-hydrogen) atoms. The smallest absolute Gasteiger partial charge is 0.343 e. The van der Waals surface area contributed by atoms with E-state index >= 15 is 0 Å². The average molecular weight is 420 g/mol. The van der Waals surface area contributed by atoms with Crippen LogP contribution in [0.5, 0.6) is 0 Å². The van der Waals surface area contributed by atoms with Crippen LogP contribution in [0.25, 0.3) is 29.2 Å². The van der Waals surface area contributed by atoms with Crippen LogP contribution >= 0.6 is 0 Å². The number of hydrogen-bond donors (Lipinski definition) is 0. The van der Waals surface area contributed by atoms with E-state index in [0.29, 0.717) is 11.1 Å². The van der Waals surface area contributed by atoms with Gasteiger partial charge in [-0.25, -0.2) is 9.36 Å². The maximum Gasteiger partial charge on any atom is 0.343 e. The molecule has 0 N–H and O–H groups in total. The average Bonchev–Trinajstić information content (AvgIpc) is 2.61. The summed E-state index contributed by atoms with van der Waals surface area (Å²) in [5.74, 6) is 6.31. The van der Waals surface area contributed by atoms with E-state index in [1.54, 1.807) is 6.08 Å². The number of rotatable bonds is 2. The number of aryl methyl sites for hydroxylation is 1. The molecule has 0 radical (unpaired) electrons. The lowest BCUT2D eigenvalue weighted by Gasteiger charge is -2.05. The molecule has 0 aliphatic heterocycles. The molecule has 2 aromatic heterocycles. The van der Waals surface area contributed by atoms with E-state index in [2.05, 4.69) is 24.0 Å². The van der Waals surface area contributed by atoms with Gasteiger partial charge in [0.25, 0.3) is 0 Å². The molecule has 0 saturated heterocycles. The second-order valence-corrected chi connectivity index (χ2v) is 6.28. The molecule has 1 aliphatic carbocycles. The summed E-state index contributed by atoms with van der Waals surface area (Å²) in [5.41, 5.74) is 3.71. The molecule has 0 fully saturated rings. The van der Waals surface area contributed by atoms with Gasteiger partial charge in [-0.3, -0.25) is 0 Å². The molecule has 1 aromatic carbocycles. The Hall–Kier alpha value is -2.90. The van der Waals surface area contributed by atoms with Crippen molar-refractivity contribution < 1.29 is 26.0 Å². The van der Waals surface area contributed by atoms with Crippen molar-refractivity contribution in [1.82, 2.24) is 0 Å². The van der Waals surface area contributed by atoms with Gasteiger partial charge < -0.3 is 21.4 Å². The highest BCUT2D eigenvalue weighted by molar-refractivity contribution is 5.85. The number of benzene rings is 1. The highest BCUT2D eigenvalue weighted by Gasteiger charge is 2.08. The summed E-state index contributed by atoms with van der Waals surface area (Å²) < 4.78 is 7.54. The van der Waals surface area contributed by atoms with Crippen molar-refractivity contribution in [2.45, 2.75) is 12.8 Å². The molecule has 0 saturated carbocycles. The van der Waals surface area contributed by atoms with Crippen LogP contribution in [-0.4, -0.2) is 0 Å². The topological polar surface area (TPSA) is 34.1 Å². The zero-order valence-electron chi connectivity index (χ0n) is 14.9. The van der Waals surface area contributed by atoms with Crippen LogP contribution in [0, 0.1) is 11.8 Å². The van der Waals surface area contributed by atoms with E-state index in [1.807, 2.05) is 60.3 Å². The molecular formula is C23H18BrNO2. The number of aromatic nitrogens is 1. The molecule has 3 aromatic rings. The van der Waals surface area contributed by atoms with E-state index in [1.165, 1.54) is 0 Å². The van der Waals surface area contributed by atoms with Gasteiger partial charge in [0, 0.05) is 35.6 Å². The number of halogens is 1. The van der Waals surface area contributed by atoms with Crippen LogP contribution in [-0.2, 0) is 7.05 Å². The molecular weight excluding hydrogens is 402 g/mol. The molecule has 0 amide bonds. The molecule has 0 bridgehead atoms. The maximum absolute atomic E-state index is 12.4. The Bertz CT molecular complexity index is 1180. The lowest BCUT2D eigenvalue weighted by atomic mass is 10.0. The van der Waals surface area contributed by atoms with Crippen molar-refractivity contribution in [2.75, 3.05) is 0 Å². The Morgan fingerprint density at radius 1 is 1.19 bits per heavy atom. The number of nitrogens with zero attached hydrogens (tertiary/aromatic N) is 1. The van der Waals surface area contributed by atoms with Crippen molar-refractivity contribution >= 4 is 29.2 Å². The third-order valence-corrected chi connectivity index (χ3v) is 4.42. The van der Waals surface area contributed by atoms with Gasteiger partial charge in [0.15, 0.2) is 6.20 Å². The van der Waals surface area contributed by atoms with E-state index in [-0.39, 0.29) is 22.6 Å². The first-order valence-corrected chi connectivity index (χ1v) is 8.61. The predicted octanol–water partition coefficient (Wildman–Crippen LogP) is 0.950. The summed E-state index contributed by atoms with van der Waals surface area (Å²) in [6.45, 7) is 0. The van der Waals surface area contributed by atoms with Crippen molar-refractivity contribution in [1.29, 1.82) is 0 Å². The van der Waals surface area contributed by atoms with Gasteiger partial charge in [-0.2, -0.15) is 0 Å². The van der Waals surface area contributed by atoms with E-state index in [4.69, 9.17) is 4.42 Å². The Morgan fingerprint density at radius 2 is 2.07 bits per heavy atom. The molecule has 2 heterocycles. The minimum Gasteiger partial charge on any atom is -1.00 e. The predicted molar refractivity (Wildman–Crippen MR) is 104 cm³/mol. The van der Waals surface area contributed by atoms with Gasteiger partial charge in [-0.1, -0.05) is 24.0 Å². The molecule has 0 unspecified atom stereocenters. The highest BCUT2D eigenvalue weighted by atomic mass is 79.9. The standard InChI is InChI=1S/C23H18NO2.BrH/c1-24-13-7-6-10-21(24)12-11-19-15-20-14-17-8-4-2-3-5-9-18(17)16-22(20)26-23(19)25;/h4,6-8,10-16H,2-3H2,1H3;1H/q+1;/p-1/b8-4-,12-11+;. The molecule has 134 valence electrons. The fourth-order valence-corrected chi connectivity index (χ4v) is 2.97. The van der Waals surface area contributed by atoms with Crippen molar-refractivity contribution in [2.24, 2.45) is 7.05 Å². The van der Waals surface area contributed by atoms with Gasteiger partial charge in [0.2, 0.25) is 5.69 Å². The van der Waals surface area contributed by atoms with E-state index < -0.39 is 0 Å². The SMILES string of the molecule is C[n+]1ccccc1/C=C/c1cc2cc3c(cc2oc1=O)C#CCC/C=C\3.[Br-]. The van der Waals surface area contributed by atoms with Gasteiger partial charge in [-0.05, 0) is 42.3 Å². The summed E-state index contributed by atoms with van der Waals surface area (Å²) in [6.07, 6.45) is 11.7. The monoisotopic (exact) mass is 419 g/mol. The van der Waals surface area contributed by atoms with Crippen LogP contribution in [0.4, 0.5) is 0 Å². The zero-order valence-corrected chi connectivity index (χ0v) is 16.5. The Balaban J connectivity index is 0.00000210. The number of allylic oxidation sites excluding steroid dienone is 1. The largest absolute Gasteiger partial charge is 1.00 e. The first-order valence-electron chi connectivity index (χ1n) is 8.61. The quantitative estimate of drug-likeness (QED) is 0.352. The Labute approximate surface area is 168 Å². The second-order valence-electron chi connectivity index (χ2n) is 6.28. The molecule has 3 nitrogen and oxygen atoms in total. The summed E-state index contributed by atoms with van der Waals surface area (Å²) in [6, 6.07) is 11.7. The molecule has 1 aliphatic rings. The molecule has 0 spiro atoms. The van der Waals surface area contributed by atoms with Crippen molar-refractivity contribution in [3.05, 3.63) is 81.5 Å². The highest BCUT2D eigenvalue weighted by Crippen LogP contribution is 2.22. The molecule has 0 atom stereocenters. The van der Waals surface area contributed by atoms with Crippen LogP contribution in [0.15, 0.2) is 57.9 Å². The van der Waals surface area contributed by atoms with Crippen LogP contribution in [0.1, 0.15) is 35.2 Å². The normalized spacial score (nSPS) is 13.8. The summed E-state index contributed by atoms with van der Waals surface area (Å²) in [4.78, 5) is 12.4. The lowest BCUT2D eigenvalue weighted by Crippen LogP contribution is -3.00. The van der Waals surface area contributed by atoms with Gasteiger partial charge in [-0.15, -0.1) is 0 Å².